The maximum absolute atomic E-state index is 12.6. The summed E-state index contributed by atoms with van der Waals surface area (Å²) < 4.78 is 28.0. The zero-order valence-corrected chi connectivity index (χ0v) is 14.6. The van der Waals surface area contributed by atoms with Crippen molar-refractivity contribution in [1.29, 1.82) is 0 Å². The molecule has 2 rings (SSSR count). The Morgan fingerprint density at radius 2 is 1.50 bits per heavy atom. The van der Waals surface area contributed by atoms with Gasteiger partial charge in [0.15, 0.2) is 0 Å². The summed E-state index contributed by atoms with van der Waals surface area (Å²) in [5.41, 5.74) is 1.80. The smallest absolute Gasteiger partial charge is 0.272 e. The van der Waals surface area contributed by atoms with Crippen LogP contribution in [0.5, 0.6) is 0 Å². The minimum Gasteiger partial charge on any atom is -0.272 e. The second kappa shape index (κ2) is 8.08. The molecule has 128 valence electrons. The van der Waals surface area contributed by atoms with E-state index in [0.29, 0.717) is 6.42 Å². The third-order valence-corrected chi connectivity index (χ3v) is 3.87. The fourth-order valence-electron chi connectivity index (χ4n) is 2.39. The minimum atomic E-state index is -3.79. The lowest BCUT2D eigenvalue weighted by Crippen LogP contribution is -2.42. The lowest BCUT2D eigenvalue weighted by molar-refractivity contribution is -0.162. The van der Waals surface area contributed by atoms with Crippen molar-refractivity contribution in [1.82, 2.24) is 5.06 Å². The molecule has 1 amide bonds. The zero-order valence-electron chi connectivity index (χ0n) is 13.8. The molecule has 0 spiro atoms. The molecular weight excluding hydrogens is 326 g/mol. The van der Waals surface area contributed by atoms with E-state index < -0.39 is 22.1 Å². The monoisotopic (exact) mass is 347 g/mol. The first kappa shape index (κ1) is 18.2. The Balaban J connectivity index is 2.15. The van der Waals surface area contributed by atoms with Gasteiger partial charge in [-0.25, -0.2) is 5.06 Å². The standard InChI is InChI=1S/C18H21NO4S/c1-15(13-16-9-5-3-6-10-16)19(23-24(2,21)22)18(20)14-17-11-7-4-8-12-17/h3-12,15H,13-14H2,1-2H3. The Morgan fingerprint density at radius 1 is 1.00 bits per heavy atom. The first-order valence-corrected chi connectivity index (χ1v) is 9.46. The SMILES string of the molecule is CC(Cc1ccccc1)N(OS(C)(=O)=O)C(=O)Cc1ccccc1. The van der Waals surface area contributed by atoms with E-state index in [1.807, 2.05) is 60.7 Å². The van der Waals surface area contributed by atoms with Crippen molar-refractivity contribution in [3.05, 3.63) is 71.8 Å². The summed E-state index contributed by atoms with van der Waals surface area (Å²) in [6.45, 7) is 1.76. The van der Waals surface area contributed by atoms with Crippen molar-refractivity contribution in [3.8, 4) is 0 Å². The summed E-state index contributed by atoms with van der Waals surface area (Å²) >= 11 is 0. The molecule has 0 heterocycles. The molecule has 0 aliphatic carbocycles. The summed E-state index contributed by atoms with van der Waals surface area (Å²) in [5.74, 6) is -0.393. The average Bonchev–Trinajstić information content (AvgIpc) is 2.53. The summed E-state index contributed by atoms with van der Waals surface area (Å²) in [6.07, 6.45) is 1.51. The number of hydrogen-bond acceptors (Lipinski definition) is 4. The molecule has 5 nitrogen and oxygen atoms in total. The van der Waals surface area contributed by atoms with Crippen LogP contribution in [0.25, 0.3) is 0 Å². The number of carbonyl (C=O) groups excluding carboxylic acids is 1. The molecule has 0 aliphatic rings. The van der Waals surface area contributed by atoms with E-state index in [9.17, 15) is 13.2 Å². The lowest BCUT2D eigenvalue weighted by atomic mass is 10.1. The number of benzene rings is 2. The number of carbonyl (C=O) groups is 1. The van der Waals surface area contributed by atoms with Gasteiger partial charge in [-0.05, 0) is 24.5 Å². The minimum absolute atomic E-state index is 0.0789. The van der Waals surface area contributed by atoms with Crippen LogP contribution in [0, 0.1) is 0 Å². The molecule has 0 saturated heterocycles. The van der Waals surface area contributed by atoms with Crippen LogP contribution in [0.3, 0.4) is 0 Å². The molecule has 0 aliphatic heterocycles. The summed E-state index contributed by atoms with van der Waals surface area (Å²) in [6, 6.07) is 18.3. The Hall–Kier alpha value is -2.18. The molecule has 0 saturated carbocycles. The molecule has 0 N–H and O–H groups in total. The molecule has 0 aromatic heterocycles. The molecule has 1 atom stereocenters. The van der Waals surface area contributed by atoms with Gasteiger partial charge in [-0.2, -0.15) is 8.42 Å². The first-order valence-electron chi connectivity index (χ1n) is 7.64. The topological polar surface area (TPSA) is 63.7 Å². The van der Waals surface area contributed by atoms with Gasteiger partial charge in [0.2, 0.25) is 0 Å². The normalized spacial score (nSPS) is 12.6. The predicted molar refractivity (Wildman–Crippen MR) is 92.5 cm³/mol. The van der Waals surface area contributed by atoms with Gasteiger partial charge >= 0.3 is 0 Å². The largest absolute Gasteiger partial charge is 0.285 e. The van der Waals surface area contributed by atoms with Crippen LogP contribution in [-0.2, 0) is 32.0 Å². The highest BCUT2D eigenvalue weighted by Gasteiger charge is 2.25. The van der Waals surface area contributed by atoms with E-state index in [0.717, 1.165) is 22.4 Å². The van der Waals surface area contributed by atoms with Crippen LogP contribution in [0.4, 0.5) is 0 Å². The molecule has 0 radical (unpaired) electrons. The first-order chi connectivity index (χ1) is 11.3. The van der Waals surface area contributed by atoms with Gasteiger partial charge in [0.05, 0.1) is 18.7 Å². The Bertz CT molecular complexity index is 760. The van der Waals surface area contributed by atoms with Gasteiger partial charge in [0, 0.05) is 0 Å². The Labute approximate surface area is 143 Å². The number of hydroxylamine groups is 2. The van der Waals surface area contributed by atoms with Crippen LogP contribution in [0.2, 0.25) is 0 Å². The molecular formula is C18H21NO4S. The van der Waals surface area contributed by atoms with Gasteiger partial charge in [0.1, 0.15) is 0 Å². The van der Waals surface area contributed by atoms with Gasteiger partial charge in [-0.3, -0.25) is 4.79 Å². The van der Waals surface area contributed by atoms with Crippen molar-refractivity contribution < 1.29 is 17.5 Å². The fraction of sp³-hybridized carbons (Fsp3) is 0.278. The molecule has 2 aromatic rings. The zero-order chi connectivity index (χ0) is 17.6. The number of nitrogens with zero attached hydrogens (tertiary/aromatic N) is 1. The summed E-state index contributed by atoms with van der Waals surface area (Å²) in [7, 11) is -3.79. The molecule has 1 unspecified atom stereocenters. The van der Waals surface area contributed by atoms with Crippen molar-refractivity contribution in [2.75, 3.05) is 6.26 Å². The molecule has 0 bridgehead atoms. The maximum Gasteiger partial charge on any atom is 0.285 e. The number of hydrogen-bond donors (Lipinski definition) is 0. The Kier molecular flexibility index (Phi) is 6.11. The van der Waals surface area contributed by atoms with E-state index in [-0.39, 0.29) is 6.42 Å². The van der Waals surface area contributed by atoms with Crippen molar-refractivity contribution >= 4 is 16.0 Å². The lowest BCUT2D eigenvalue weighted by Gasteiger charge is -2.27. The van der Waals surface area contributed by atoms with E-state index in [1.54, 1.807) is 6.92 Å². The molecule has 24 heavy (non-hydrogen) atoms. The van der Waals surface area contributed by atoms with Crippen LogP contribution < -0.4 is 0 Å². The van der Waals surface area contributed by atoms with Gasteiger partial charge in [-0.15, -0.1) is 4.28 Å². The third-order valence-electron chi connectivity index (χ3n) is 3.43. The maximum atomic E-state index is 12.6. The number of rotatable bonds is 7. The van der Waals surface area contributed by atoms with Crippen LogP contribution in [-0.4, -0.2) is 31.7 Å². The summed E-state index contributed by atoms with van der Waals surface area (Å²) in [4.78, 5) is 12.6. The molecule has 6 heteroatoms. The Morgan fingerprint density at radius 3 is 2.00 bits per heavy atom. The van der Waals surface area contributed by atoms with Crippen LogP contribution >= 0.6 is 0 Å². The molecule has 2 aromatic carbocycles. The highest BCUT2D eigenvalue weighted by atomic mass is 32.2. The van der Waals surface area contributed by atoms with E-state index in [1.165, 1.54) is 0 Å². The quantitative estimate of drug-likeness (QED) is 0.722. The fourth-order valence-corrected chi connectivity index (χ4v) is 2.92. The van der Waals surface area contributed by atoms with E-state index in [2.05, 4.69) is 0 Å². The third kappa shape index (κ3) is 5.79. The summed E-state index contributed by atoms with van der Waals surface area (Å²) in [5, 5.41) is 0.968. The predicted octanol–water partition coefficient (Wildman–Crippen LogP) is 2.58. The van der Waals surface area contributed by atoms with Gasteiger partial charge < -0.3 is 0 Å². The van der Waals surface area contributed by atoms with Crippen molar-refractivity contribution in [2.45, 2.75) is 25.8 Å². The average molecular weight is 347 g/mol. The highest BCUT2D eigenvalue weighted by Crippen LogP contribution is 2.13. The second-order valence-corrected chi connectivity index (χ2v) is 7.26. The van der Waals surface area contributed by atoms with Crippen LogP contribution in [0.15, 0.2) is 60.7 Å². The second-order valence-electron chi connectivity index (χ2n) is 5.70. The van der Waals surface area contributed by atoms with Crippen molar-refractivity contribution in [2.24, 2.45) is 0 Å². The molecule has 0 fully saturated rings. The number of amides is 1. The van der Waals surface area contributed by atoms with E-state index >= 15 is 0 Å². The van der Waals surface area contributed by atoms with Crippen LogP contribution in [0.1, 0.15) is 18.1 Å². The van der Waals surface area contributed by atoms with Crippen molar-refractivity contribution in [3.63, 3.8) is 0 Å². The van der Waals surface area contributed by atoms with Gasteiger partial charge in [0.25, 0.3) is 16.0 Å². The highest BCUT2D eigenvalue weighted by molar-refractivity contribution is 7.85. The van der Waals surface area contributed by atoms with Gasteiger partial charge in [-0.1, -0.05) is 60.7 Å². The van der Waals surface area contributed by atoms with E-state index in [4.69, 9.17) is 4.28 Å².